The molecule has 3 aromatic heterocycles. The zero-order valence-corrected chi connectivity index (χ0v) is 17.1. The van der Waals surface area contributed by atoms with Crippen LogP contribution in [0.25, 0.3) is 66.3 Å². The Morgan fingerprint density at radius 2 is 1.06 bits per heavy atom. The fraction of sp³-hybridized carbons (Fsp3) is 0. The summed E-state index contributed by atoms with van der Waals surface area (Å²) in [6.45, 7) is 0. The molecule has 0 bridgehead atoms. The van der Waals surface area contributed by atoms with Crippen LogP contribution in [-0.2, 0) is 0 Å². The van der Waals surface area contributed by atoms with Gasteiger partial charge in [-0.2, -0.15) is 0 Å². The van der Waals surface area contributed by atoms with Crippen molar-refractivity contribution in [1.82, 2.24) is 4.98 Å². The average Bonchev–Trinajstić information content (AvgIpc) is 3.41. The van der Waals surface area contributed by atoms with Gasteiger partial charge in [0.05, 0.1) is 0 Å². The van der Waals surface area contributed by atoms with Gasteiger partial charge in [0.2, 0.25) is 0 Å². The van der Waals surface area contributed by atoms with Crippen molar-refractivity contribution >= 4 is 44.0 Å². The first-order valence-corrected chi connectivity index (χ1v) is 10.6. The van der Waals surface area contributed by atoms with E-state index in [1.54, 1.807) is 6.20 Å². The van der Waals surface area contributed by atoms with Crippen LogP contribution in [-0.4, -0.2) is 4.98 Å². The maximum atomic E-state index is 5.99. The standard InChI is InChI=1S/C29H17NO2/c1-2-8-25-22(7-1)23-16-20(10-12-26(23)31-25)18-5-3-6-19(15-18)21-11-13-27-24(17-21)29-28(32-27)9-4-14-30-29/h1-17H. The molecular formula is C29H17NO2. The number of furan rings is 2. The molecule has 3 nitrogen and oxygen atoms in total. The van der Waals surface area contributed by atoms with E-state index in [0.29, 0.717) is 0 Å². The lowest BCUT2D eigenvalue weighted by Crippen LogP contribution is -1.82. The van der Waals surface area contributed by atoms with Crippen LogP contribution in [0.4, 0.5) is 0 Å². The second-order valence-corrected chi connectivity index (χ2v) is 8.05. The van der Waals surface area contributed by atoms with Crippen molar-refractivity contribution < 1.29 is 8.83 Å². The summed E-state index contributed by atoms with van der Waals surface area (Å²) in [5.74, 6) is 0. The van der Waals surface area contributed by atoms with Gasteiger partial charge >= 0.3 is 0 Å². The molecule has 0 N–H and O–H groups in total. The number of benzene rings is 4. The molecule has 0 saturated heterocycles. The van der Waals surface area contributed by atoms with Crippen LogP contribution < -0.4 is 0 Å². The van der Waals surface area contributed by atoms with Gasteiger partial charge in [0.25, 0.3) is 0 Å². The van der Waals surface area contributed by atoms with Crippen LogP contribution in [0.5, 0.6) is 0 Å². The molecule has 32 heavy (non-hydrogen) atoms. The van der Waals surface area contributed by atoms with E-state index in [-0.39, 0.29) is 0 Å². The van der Waals surface area contributed by atoms with Crippen LogP contribution in [0, 0.1) is 0 Å². The zero-order valence-electron chi connectivity index (χ0n) is 17.1. The number of nitrogens with zero attached hydrogens (tertiary/aromatic N) is 1. The number of rotatable bonds is 2. The van der Waals surface area contributed by atoms with Crippen molar-refractivity contribution in [1.29, 1.82) is 0 Å². The van der Waals surface area contributed by atoms with Crippen molar-refractivity contribution in [3.8, 4) is 22.3 Å². The third-order valence-corrected chi connectivity index (χ3v) is 6.13. The fourth-order valence-electron chi connectivity index (χ4n) is 4.56. The van der Waals surface area contributed by atoms with Gasteiger partial charge in [-0.3, -0.25) is 4.98 Å². The summed E-state index contributed by atoms with van der Waals surface area (Å²) in [6.07, 6.45) is 1.81. The summed E-state index contributed by atoms with van der Waals surface area (Å²) in [5, 5.41) is 3.32. The minimum atomic E-state index is 0.814. The van der Waals surface area contributed by atoms with E-state index in [1.165, 1.54) is 11.1 Å². The predicted molar refractivity (Wildman–Crippen MR) is 130 cm³/mol. The molecule has 0 saturated carbocycles. The zero-order chi connectivity index (χ0) is 21.1. The molecule has 0 aliphatic carbocycles. The van der Waals surface area contributed by atoms with Crippen molar-refractivity contribution in [2.45, 2.75) is 0 Å². The molecule has 4 aromatic carbocycles. The second kappa shape index (κ2) is 6.56. The molecule has 0 amide bonds. The predicted octanol–water partition coefficient (Wildman–Crippen LogP) is 8.21. The van der Waals surface area contributed by atoms with Crippen LogP contribution in [0.3, 0.4) is 0 Å². The van der Waals surface area contributed by atoms with Gasteiger partial charge in [-0.05, 0) is 70.8 Å². The molecule has 0 fully saturated rings. The number of aromatic nitrogens is 1. The van der Waals surface area contributed by atoms with E-state index in [1.807, 2.05) is 30.3 Å². The highest BCUT2D eigenvalue weighted by atomic mass is 16.3. The second-order valence-electron chi connectivity index (χ2n) is 8.05. The highest BCUT2D eigenvalue weighted by Crippen LogP contribution is 2.35. The largest absolute Gasteiger partial charge is 0.456 e. The Hall–Kier alpha value is -4.37. The molecular weight excluding hydrogens is 394 g/mol. The third kappa shape index (κ3) is 2.58. The van der Waals surface area contributed by atoms with Gasteiger partial charge in [-0.15, -0.1) is 0 Å². The Balaban J connectivity index is 1.37. The summed E-state index contributed by atoms with van der Waals surface area (Å²) < 4.78 is 11.9. The summed E-state index contributed by atoms with van der Waals surface area (Å²) in [4.78, 5) is 4.52. The summed E-state index contributed by atoms with van der Waals surface area (Å²) in [6, 6.07) is 33.4. The van der Waals surface area contributed by atoms with Crippen molar-refractivity contribution in [3.63, 3.8) is 0 Å². The molecule has 0 aliphatic rings. The monoisotopic (exact) mass is 411 g/mol. The maximum Gasteiger partial charge on any atom is 0.153 e. The van der Waals surface area contributed by atoms with Gasteiger partial charge < -0.3 is 8.83 Å². The summed E-state index contributed by atoms with van der Waals surface area (Å²) >= 11 is 0. The molecule has 0 radical (unpaired) electrons. The van der Waals surface area contributed by atoms with Crippen LogP contribution >= 0.6 is 0 Å². The van der Waals surface area contributed by atoms with Crippen molar-refractivity contribution in [2.75, 3.05) is 0 Å². The van der Waals surface area contributed by atoms with Crippen LogP contribution in [0.2, 0.25) is 0 Å². The minimum absolute atomic E-state index is 0.814. The Morgan fingerprint density at radius 3 is 1.91 bits per heavy atom. The highest BCUT2D eigenvalue weighted by Gasteiger charge is 2.11. The van der Waals surface area contributed by atoms with Gasteiger partial charge in [0, 0.05) is 22.4 Å². The first-order valence-electron chi connectivity index (χ1n) is 10.6. The number of hydrogen-bond donors (Lipinski definition) is 0. The molecule has 3 heterocycles. The van der Waals surface area contributed by atoms with Crippen molar-refractivity contribution in [2.24, 2.45) is 0 Å². The fourth-order valence-corrected chi connectivity index (χ4v) is 4.56. The first kappa shape index (κ1) is 17.3. The van der Waals surface area contributed by atoms with Gasteiger partial charge in [0.15, 0.2) is 5.58 Å². The van der Waals surface area contributed by atoms with E-state index in [0.717, 1.165) is 55.1 Å². The molecule has 3 heteroatoms. The number of pyridine rings is 1. The van der Waals surface area contributed by atoms with Crippen LogP contribution in [0.1, 0.15) is 0 Å². The number of para-hydroxylation sites is 1. The highest BCUT2D eigenvalue weighted by molar-refractivity contribution is 6.06. The van der Waals surface area contributed by atoms with Crippen molar-refractivity contribution in [3.05, 3.63) is 103 Å². The van der Waals surface area contributed by atoms with Gasteiger partial charge in [-0.25, -0.2) is 0 Å². The smallest absolute Gasteiger partial charge is 0.153 e. The summed E-state index contributed by atoms with van der Waals surface area (Å²) in [5.41, 5.74) is 9.04. The Labute approximate surface area is 183 Å². The minimum Gasteiger partial charge on any atom is -0.456 e. The Bertz CT molecular complexity index is 1660. The Kier molecular flexibility index (Phi) is 3.55. The molecule has 0 unspecified atom stereocenters. The van der Waals surface area contributed by atoms with E-state index < -0.39 is 0 Å². The third-order valence-electron chi connectivity index (χ3n) is 6.13. The van der Waals surface area contributed by atoms with Gasteiger partial charge in [0.1, 0.15) is 22.3 Å². The molecule has 150 valence electrons. The lowest BCUT2D eigenvalue weighted by atomic mass is 9.97. The maximum absolute atomic E-state index is 5.99. The first-order chi connectivity index (χ1) is 15.8. The van der Waals surface area contributed by atoms with Crippen LogP contribution in [0.15, 0.2) is 112 Å². The SMILES string of the molecule is c1cc(-c2ccc3oc4ccccc4c3c2)cc(-c2ccc3oc4cccnc4c3c2)c1. The number of fused-ring (bicyclic) bond motifs is 6. The van der Waals surface area contributed by atoms with E-state index in [4.69, 9.17) is 8.83 Å². The lowest BCUT2D eigenvalue weighted by Gasteiger charge is -2.07. The summed E-state index contributed by atoms with van der Waals surface area (Å²) in [7, 11) is 0. The average molecular weight is 411 g/mol. The normalized spacial score (nSPS) is 11.8. The number of hydrogen-bond acceptors (Lipinski definition) is 3. The van der Waals surface area contributed by atoms with E-state index in [2.05, 4.69) is 71.7 Å². The quantitative estimate of drug-likeness (QED) is 0.288. The molecule has 0 atom stereocenters. The Morgan fingerprint density at radius 1 is 0.438 bits per heavy atom. The van der Waals surface area contributed by atoms with Gasteiger partial charge in [-0.1, -0.05) is 48.5 Å². The lowest BCUT2D eigenvalue weighted by molar-refractivity contribution is 0.668. The van der Waals surface area contributed by atoms with E-state index >= 15 is 0 Å². The van der Waals surface area contributed by atoms with E-state index in [9.17, 15) is 0 Å². The molecule has 7 aromatic rings. The molecule has 0 aliphatic heterocycles. The molecule has 7 rings (SSSR count). The topological polar surface area (TPSA) is 39.2 Å². The molecule has 0 spiro atoms.